The molecule has 0 saturated heterocycles. The number of methoxy groups -OCH3 is 1. The van der Waals surface area contributed by atoms with Gasteiger partial charge in [-0.05, 0) is 41.5 Å². The van der Waals surface area contributed by atoms with Crippen LogP contribution >= 0.6 is 0 Å². The van der Waals surface area contributed by atoms with E-state index >= 15 is 0 Å². The van der Waals surface area contributed by atoms with Gasteiger partial charge < -0.3 is 21.9 Å². The summed E-state index contributed by atoms with van der Waals surface area (Å²) >= 11 is 0. The summed E-state index contributed by atoms with van der Waals surface area (Å²) < 4.78 is 18.3. The highest BCUT2D eigenvalue weighted by molar-refractivity contribution is 5.93. The number of esters is 1. The van der Waals surface area contributed by atoms with Crippen molar-refractivity contribution in [3.8, 4) is 11.1 Å². The molecule has 0 unspecified atom stereocenters. The molecule has 124 valence electrons. The van der Waals surface area contributed by atoms with E-state index in [2.05, 4.69) is 14.7 Å². The summed E-state index contributed by atoms with van der Waals surface area (Å²) in [7, 11) is 1.24. The van der Waals surface area contributed by atoms with E-state index in [-0.39, 0.29) is 17.5 Å². The Morgan fingerprint density at radius 3 is 2.29 bits per heavy atom. The van der Waals surface area contributed by atoms with E-state index in [0.29, 0.717) is 16.8 Å². The van der Waals surface area contributed by atoms with Gasteiger partial charge in [0.25, 0.3) is 0 Å². The second kappa shape index (κ2) is 7.23. The molecule has 0 amide bonds. The lowest BCUT2D eigenvalue weighted by molar-refractivity contribution is 0.0600. The lowest BCUT2D eigenvalue weighted by Crippen LogP contribution is -2.26. The van der Waals surface area contributed by atoms with Crippen LogP contribution in [0.5, 0.6) is 0 Å². The molecule has 24 heavy (non-hydrogen) atoms. The van der Waals surface area contributed by atoms with Gasteiger partial charge in [0.05, 0.1) is 18.4 Å². The van der Waals surface area contributed by atoms with Gasteiger partial charge in [-0.15, -0.1) is 0 Å². The van der Waals surface area contributed by atoms with Gasteiger partial charge in [0.2, 0.25) is 5.96 Å². The third-order valence-corrected chi connectivity index (χ3v) is 3.01. The maximum absolute atomic E-state index is 13.7. The predicted octanol–water partition coefficient (Wildman–Crippen LogP) is 1.50. The zero-order valence-electron chi connectivity index (χ0n) is 12.9. The standard InChI is InChI=1S/C16H16FN5O2/c1-24-14(23)11-6-10(7-12(17)8-11)9-2-4-13(5-3-9)21-16(20)22-15(18)19/h2-8H,1H3,(H6,18,19,20,21,22). The lowest BCUT2D eigenvalue weighted by atomic mass is 10.0. The van der Waals surface area contributed by atoms with E-state index in [0.717, 1.165) is 6.07 Å². The number of benzene rings is 2. The van der Waals surface area contributed by atoms with Crippen molar-refractivity contribution in [1.82, 2.24) is 0 Å². The topological polar surface area (TPSA) is 129 Å². The number of ether oxygens (including phenoxy) is 1. The average molecular weight is 329 g/mol. The molecule has 2 rings (SSSR count). The van der Waals surface area contributed by atoms with Crippen LogP contribution in [0.1, 0.15) is 10.4 Å². The molecule has 0 aliphatic rings. The minimum Gasteiger partial charge on any atom is -0.465 e. The van der Waals surface area contributed by atoms with E-state index < -0.39 is 11.8 Å². The van der Waals surface area contributed by atoms with Gasteiger partial charge in [0.15, 0.2) is 5.96 Å². The first-order chi connectivity index (χ1) is 11.4. The van der Waals surface area contributed by atoms with Crippen LogP contribution in [-0.4, -0.2) is 25.0 Å². The van der Waals surface area contributed by atoms with Gasteiger partial charge >= 0.3 is 5.97 Å². The maximum Gasteiger partial charge on any atom is 0.337 e. The van der Waals surface area contributed by atoms with Crippen LogP contribution in [0.25, 0.3) is 11.1 Å². The van der Waals surface area contributed by atoms with E-state index in [1.54, 1.807) is 30.3 Å². The number of hydrogen-bond donors (Lipinski definition) is 3. The summed E-state index contributed by atoms with van der Waals surface area (Å²) in [5, 5.41) is 0. The molecule has 0 aliphatic heterocycles. The van der Waals surface area contributed by atoms with E-state index in [1.807, 2.05) is 0 Å². The highest BCUT2D eigenvalue weighted by Crippen LogP contribution is 2.25. The minimum absolute atomic E-state index is 0.0820. The summed E-state index contributed by atoms with van der Waals surface area (Å²) in [6.07, 6.45) is 0. The van der Waals surface area contributed by atoms with Crippen LogP contribution in [0, 0.1) is 5.82 Å². The highest BCUT2D eigenvalue weighted by atomic mass is 19.1. The summed E-state index contributed by atoms with van der Waals surface area (Å²) in [6, 6.07) is 10.7. The van der Waals surface area contributed by atoms with Gasteiger partial charge in [0, 0.05) is 0 Å². The highest BCUT2D eigenvalue weighted by Gasteiger charge is 2.10. The second-order valence-corrected chi connectivity index (χ2v) is 4.77. The quantitative estimate of drug-likeness (QED) is 0.446. The summed E-state index contributed by atoms with van der Waals surface area (Å²) in [6.45, 7) is 0. The molecule has 7 nitrogen and oxygen atoms in total. The molecule has 2 aromatic rings. The van der Waals surface area contributed by atoms with Gasteiger partial charge in [0.1, 0.15) is 5.82 Å². The van der Waals surface area contributed by atoms with Crippen molar-refractivity contribution in [2.75, 3.05) is 7.11 Å². The molecular weight excluding hydrogens is 313 g/mol. The Kier molecular flexibility index (Phi) is 5.10. The SMILES string of the molecule is COC(=O)c1cc(F)cc(-c2ccc(N=C(N)N=C(N)N)cc2)c1. The Morgan fingerprint density at radius 1 is 1.04 bits per heavy atom. The summed E-state index contributed by atoms with van der Waals surface area (Å²) in [4.78, 5) is 19.2. The largest absolute Gasteiger partial charge is 0.465 e. The number of guanidine groups is 2. The van der Waals surface area contributed by atoms with Gasteiger partial charge in [-0.25, -0.2) is 14.2 Å². The molecule has 0 heterocycles. The molecule has 0 saturated carbocycles. The molecule has 6 N–H and O–H groups in total. The Morgan fingerprint density at radius 2 is 1.71 bits per heavy atom. The van der Waals surface area contributed by atoms with Crippen LogP contribution in [0.4, 0.5) is 10.1 Å². The third kappa shape index (κ3) is 4.29. The van der Waals surface area contributed by atoms with Crippen LogP contribution in [0.15, 0.2) is 52.4 Å². The predicted molar refractivity (Wildman–Crippen MR) is 90.3 cm³/mol. The van der Waals surface area contributed by atoms with Gasteiger partial charge in [-0.3, -0.25) is 0 Å². The number of carbonyl (C=O) groups is 1. The van der Waals surface area contributed by atoms with E-state index in [4.69, 9.17) is 17.2 Å². The van der Waals surface area contributed by atoms with E-state index in [9.17, 15) is 9.18 Å². The molecule has 0 bridgehead atoms. The molecular formula is C16H16FN5O2. The molecule has 0 radical (unpaired) electrons. The summed E-state index contributed by atoms with van der Waals surface area (Å²) in [5.41, 5.74) is 17.8. The monoisotopic (exact) mass is 329 g/mol. The molecule has 0 spiro atoms. The van der Waals surface area contributed by atoms with Crippen molar-refractivity contribution in [2.45, 2.75) is 0 Å². The Labute approximate surface area is 137 Å². The van der Waals surface area contributed by atoms with Crippen LogP contribution in [-0.2, 0) is 4.74 Å². The number of nitrogens with zero attached hydrogens (tertiary/aromatic N) is 2. The fourth-order valence-electron chi connectivity index (χ4n) is 2.01. The van der Waals surface area contributed by atoms with Crippen molar-refractivity contribution < 1.29 is 13.9 Å². The Hall–Kier alpha value is -3.42. The van der Waals surface area contributed by atoms with Crippen molar-refractivity contribution in [3.63, 3.8) is 0 Å². The molecule has 8 heteroatoms. The van der Waals surface area contributed by atoms with E-state index in [1.165, 1.54) is 13.2 Å². The smallest absolute Gasteiger partial charge is 0.337 e. The lowest BCUT2D eigenvalue weighted by Gasteiger charge is -2.06. The van der Waals surface area contributed by atoms with Crippen LogP contribution < -0.4 is 17.2 Å². The fraction of sp³-hybridized carbons (Fsp3) is 0.0625. The zero-order chi connectivity index (χ0) is 17.7. The first kappa shape index (κ1) is 16.9. The summed E-state index contributed by atoms with van der Waals surface area (Å²) in [5.74, 6) is -1.42. The first-order valence-electron chi connectivity index (χ1n) is 6.82. The van der Waals surface area contributed by atoms with Crippen molar-refractivity contribution in [1.29, 1.82) is 0 Å². The third-order valence-electron chi connectivity index (χ3n) is 3.01. The molecule has 0 fully saturated rings. The van der Waals surface area contributed by atoms with Crippen LogP contribution in [0.2, 0.25) is 0 Å². The van der Waals surface area contributed by atoms with Crippen molar-refractivity contribution >= 4 is 23.6 Å². The second-order valence-electron chi connectivity index (χ2n) is 4.77. The number of nitrogens with two attached hydrogens (primary N) is 3. The molecule has 0 atom stereocenters. The molecule has 2 aromatic carbocycles. The van der Waals surface area contributed by atoms with Gasteiger partial charge in [-0.2, -0.15) is 4.99 Å². The molecule has 0 aromatic heterocycles. The zero-order valence-corrected chi connectivity index (χ0v) is 12.9. The number of halogens is 1. The normalized spacial score (nSPS) is 11.0. The first-order valence-corrected chi connectivity index (χ1v) is 6.82. The fourth-order valence-corrected chi connectivity index (χ4v) is 2.01. The number of hydrogen-bond acceptors (Lipinski definition) is 3. The van der Waals surface area contributed by atoms with Crippen LogP contribution in [0.3, 0.4) is 0 Å². The Bertz CT molecular complexity index is 812. The minimum atomic E-state index is -0.609. The van der Waals surface area contributed by atoms with Crippen molar-refractivity contribution in [3.05, 3.63) is 53.8 Å². The Balaban J connectivity index is 2.33. The number of aliphatic imine (C=N–C) groups is 2. The average Bonchev–Trinajstić information content (AvgIpc) is 2.53. The van der Waals surface area contributed by atoms with Crippen molar-refractivity contribution in [2.24, 2.45) is 27.2 Å². The maximum atomic E-state index is 13.7. The molecule has 0 aliphatic carbocycles. The number of carbonyl (C=O) groups excluding carboxylic acids is 1. The number of rotatable bonds is 3. The van der Waals surface area contributed by atoms with Gasteiger partial charge in [-0.1, -0.05) is 12.1 Å².